The van der Waals surface area contributed by atoms with Crippen LogP contribution < -0.4 is 15.8 Å². The summed E-state index contributed by atoms with van der Waals surface area (Å²) in [6, 6.07) is 8.34. The average Bonchev–Trinajstić information content (AvgIpc) is 2.35. The number of benzene rings is 1. The maximum atomic E-state index is 10.6. The molecule has 1 aromatic carbocycles. The highest BCUT2D eigenvalue weighted by Crippen LogP contribution is 2.27. The largest absolute Gasteiger partial charge is 0.465 e. The molecule has 1 aromatic heterocycles. The lowest BCUT2D eigenvalue weighted by Gasteiger charge is -2.10. The van der Waals surface area contributed by atoms with E-state index in [-0.39, 0.29) is 0 Å². The SMILES string of the molecule is Cc1ccc(NC(=O)O)cc1Oc1ccc(N)cn1. The van der Waals surface area contributed by atoms with E-state index in [0.29, 0.717) is 23.0 Å². The molecule has 1 amide bonds. The van der Waals surface area contributed by atoms with Crippen molar-refractivity contribution in [2.24, 2.45) is 0 Å². The fourth-order valence-corrected chi connectivity index (χ4v) is 1.48. The van der Waals surface area contributed by atoms with Crippen LogP contribution in [0, 0.1) is 6.92 Å². The number of nitrogens with zero attached hydrogens (tertiary/aromatic N) is 1. The van der Waals surface area contributed by atoms with Gasteiger partial charge < -0.3 is 15.6 Å². The van der Waals surface area contributed by atoms with Crippen LogP contribution in [-0.2, 0) is 0 Å². The fourth-order valence-electron chi connectivity index (χ4n) is 1.48. The van der Waals surface area contributed by atoms with E-state index in [1.54, 1.807) is 30.3 Å². The Balaban J connectivity index is 2.23. The van der Waals surface area contributed by atoms with Crippen LogP contribution in [0.1, 0.15) is 5.56 Å². The minimum Gasteiger partial charge on any atom is -0.465 e. The molecule has 19 heavy (non-hydrogen) atoms. The summed E-state index contributed by atoms with van der Waals surface area (Å²) >= 11 is 0. The Morgan fingerprint density at radius 2 is 2.16 bits per heavy atom. The van der Waals surface area contributed by atoms with Crippen LogP contribution in [0.5, 0.6) is 11.6 Å². The zero-order chi connectivity index (χ0) is 13.8. The molecule has 0 unspecified atom stereocenters. The number of nitrogens with two attached hydrogens (primary N) is 1. The number of carboxylic acid groups (broad SMARTS) is 1. The van der Waals surface area contributed by atoms with Crippen LogP contribution in [0.25, 0.3) is 0 Å². The number of carbonyl (C=O) groups is 1. The van der Waals surface area contributed by atoms with Gasteiger partial charge in [0.05, 0.1) is 11.9 Å². The van der Waals surface area contributed by atoms with Gasteiger partial charge in [0.2, 0.25) is 5.88 Å². The number of aromatic nitrogens is 1. The van der Waals surface area contributed by atoms with E-state index in [4.69, 9.17) is 15.6 Å². The van der Waals surface area contributed by atoms with Crippen molar-refractivity contribution in [2.45, 2.75) is 6.92 Å². The molecule has 4 N–H and O–H groups in total. The Hall–Kier alpha value is -2.76. The maximum Gasteiger partial charge on any atom is 0.409 e. The summed E-state index contributed by atoms with van der Waals surface area (Å²) < 4.78 is 5.59. The molecule has 6 nitrogen and oxygen atoms in total. The number of hydrogen-bond acceptors (Lipinski definition) is 4. The first-order valence-corrected chi connectivity index (χ1v) is 5.54. The number of amides is 1. The first-order chi connectivity index (χ1) is 9.04. The van der Waals surface area contributed by atoms with E-state index in [1.165, 1.54) is 6.20 Å². The molecule has 0 saturated heterocycles. The third kappa shape index (κ3) is 3.35. The van der Waals surface area contributed by atoms with Gasteiger partial charge in [-0.1, -0.05) is 6.07 Å². The predicted octanol–water partition coefficient (Wildman–Crippen LogP) is 2.85. The summed E-state index contributed by atoms with van der Waals surface area (Å²) in [6.45, 7) is 1.86. The molecule has 0 spiro atoms. The second kappa shape index (κ2) is 5.26. The van der Waals surface area contributed by atoms with E-state index in [9.17, 15) is 4.79 Å². The normalized spacial score (nSPS) is 9.95. The number of nitrogens with one attached hydrogen (secondary N) is 1. The van der Waals surface area contributed by atoms with Crippen molar-refractivity contribution in [3.05, 3.63) is 42.1 Å². The van der Waals surface area contributed by atoms with Gasteiger partial charge in [-0.3, -0.25) is 5.32 Å². The van der Waals surface area contributed by atoms with Crippen molar-refractivity contribution in [3.63, 3.8) is 0 Å². The number of hydrogen-bond donors (Lipinski definition) is 3. The van der Waals surface area contributed by atoms with E-state index < -0.39 is 6.09 Å². The third-order valence-electron chi connectivity index (χ3n) is 2.41. The fraction of sp³-hybridized carbons (Fsp3) is 0.0769. The quantitative estimate of drug-likeness (QED) is 0.787. The van der Waals surface area contributed by atoms with Gasteiger partial charge in [0.15, 0.2) is 0 Å². The summed E-state index contributed by atoms with van der Waals surface area (Å²) in [4.78, 5) is 14.6. The highest BCUT2D eigenvalue weighted by atomic mass is 16.5. The molecule has 6 heteroatoms. The second-order valence-corrected chi connectivity index (χ2v) is 3.94. The van der Waals surface area contributed by atoms with Crippen LogP contribution >= 0.6 is 0 Å². The summed E-state index contributed by atoms with van der Waals surface area (Å²) in [5, 5.41) is 10.9. The monoisotopic (exact) mass is 259 g/mol. The van der Waals surface area contributed by atoms with E-state index in [0.717, 1.165) is 5.56 Å². The summed E-state index contributed by atoms with van der Waals surface area (Å²) in [5.74, 6) is 0.924. The molecule has 1 heterocycles. The van der Waals surface area contributed by atoms with Gasteiger partial charge in [0.25, 0.3) is 0 Å². The lowest BCUT2D eigenvalue weighted by atomic mass is 10.2. The van der Waals surface area contributed by atoms with Gasteiger partial charge in [-0.05, 0) is 24.6 Å². The lowest BCUT2D eigenvalue weighted by molar-refractivity contribution is 0.210. The minimum atomic E-state index is -1.12. The molecule has 0 aliphatic heterocycles. The van der Waals surface area contributed by atoms with Crippen molar-refractivity contribution in [3.8, 4) is 11.6 Å². The number of aryl methyl sites for hydroxylation is 1. The summed E-state index contributed by atoms with van der Waals surface area (Å²) in [5.41, 5.74) is 7.39. The van der Waals surface area contributed by atoms with Crippen LogP contribution in [0.4, 0.5) is 16.2 Å². The van der Waals surface area contributed by atoms with Gasteiger partial charge in [-0.25, -0.2) is 9.78 Å². The van der Waals surface area contributed by atoms with Gasteiger partial charge in [-0.15, -0.1) is 0 Å². The molecule has 0 aliphatic rings. The number of nitrogen functional groups attached to an aromatic ring is 1. The molecular formula is C13H13N3O3. The van der Waals surface area contributed by atoms with Crippen molar-refractivity contribution in [1.82, 2.24) is 4.98 Å². The van der Waals surface area contributed by atoms with Crippen molar-refractivity contribution >= 4 is 17.5 Å². The molecule has 2 rings (SSSR count). The maximum absolute atomic E-state index is 10.6. The Kier molecular flexibility index (Phi) is 3.51. The van der Waals surface area contributed by atoms with Crippen LogP contribution in [0.2, 0.25) is 0 Å². The van der Waals surface area contributed by atoms with Gasteiger partial charge >= 0.3 is 6.09 Å². The van der Waals surface area contributed by atoms with Crippen LogP contribution in [0.15, 0.2) is 36.5 Å². The second-order valence-electron chi connectivity index (χ2n) is 3.94. The highest BCUT2D eigenvalue weighted by Gasteiger charge is 2.06. The summed E-state index contributed by atoms with van der Waals surface area (Å²) in [6.07, 6.45) is 0.365. The van der Waals surface area contributed by atoms with Crippen molar-refractivity contribution in [1.29, 1.82) is 0 Å². The van der Waals surface area contributed by atoms with Gasteiger partial charge in [0.1, 0.15) is 5.75 Å². The summed E-state index contributed by atoms with van der Waals surface area (Å²) in [7, 11) is 0. The third-order valence-corrected chi connectivity index (χ3v) is 2.41. The van der Waals surface area contributed by atoms with E-state index >= 15 is 0 Å². The number of anilines is 2. The number of ether oxygens (including phenoxy) is 1. The Bertz CT molecular complexity index is 597. The van der Waals surface area contributed by atoms with Crippen LogP contribution in [0.3, 0.4) is 0 Å². The number of rotatable bonds is 3. The van der Waals surface area contributed by atoms with E-state index in [2.05, 4.69) is 10.3 Å². The van der Waals surface area contributed by atoms with Crippen molar-refractivity contribution in [2.75, 3.05) is 11.1 Å². The van der Waals surface area contributed by atoms with E-state index in [1.807, 2.05) is 6.92 Å². The minimum absolute atomic E-state index is 0.393. The lowest BCUT2D eigenvalue weighted by Crippen LogP contribution is -2.07. The molecule has 0 fully saturated rings. The molecule has 0 bridgehead atoms. The zero-order valence-corrected chi connectivity index (χ0v) is 10.3. The average molecular weight is 259 g/mol. The first-order valence-electron chi connectivity index (χ1n) is 5.54. The molecule has 98 valence electrons. The van der Waals surface area contributed by atoms with Gasteiger partial charge in [-0.2, -0.15) is 0 Å². The highest BCUT2D eigenvalue weighted by molar-refractivity contribution is 5.83. The molecule has 0 atom stereocenters. The molecule has 0 radical (unpaired) electrons. The molecule has 0 saturated carbocycles. The Labute approximate surface area is 109 Å². The van der Waals surface area contributed by atoms with Gasteiger partial charge in [0, 0.05) is 17.8 Å². The topological polar surface area (TPSA) is 97.5 Å². The first kappa shape index (κ1) is 12.7. The number of pyridine rings is 1. The Morgan fingerprint density at radius 1 is 1.37 bits per heavy atom. The zero-order valence-electron chi connectivity index (χ0n) is 10.3. The van der Waals surface area contributed by atoms with Crippen molar-refractivity contribution < 1.29 is 14.6 Å². The molecule has 0 aliphatic carbocycles. The smallest absolute Gasteiger partial charge is 0.409 e. The predicted molar refractivity (Wildman–Crippen MR) is 71.5 cm³/mol. The molecular weight excluding hydrogens is 246 g/mol. The Morgan fingerprint density at radius 3 is 2.79 bits per heavy atom. The standard InChI is InChI=1S/C13H13N3O3/c1-8-2-4-10(16-13(17)18)6-11(8)19-12-5-3-9(14)7-15-12/h2-7,16H,14H2,1H3,(H,17,18). The molecule has 2 aromatic rings. The van der Waals surface area contributed by atoms with Crippen LogP contribution in [-0.4, -0.2) is 16.2 Å².